The molecule has 0 aliphatic rings. The Morgan fingerprint density at radius 1 is 1.44 bits per heavy atom. The van der Waals surface area contributed by atoms with Crippen LogP contribution in [0.2, 0.25) is 0 Å². The normalized spacial score (nSPS) is 11.1. The second kappa shape index (κ2) is 3.68. The summed E-state index contributed by atoms with van der Waals surface area (Å²) >= 11 is 0. The van der Waals surface area contributed by atoms with E-state index in [0.29, 0.717) is 0 Å². The molecule has 0 aliphatic carbocycles. The first kappa shape index (κ1) is 7.71. The highest BCUT2D eigenvalue weighted by molar-refractivity contribution is 5.40. The Morgan fingerprint density at radius 2 is 2.00 bits per heavy atom. The quantitative estimate of drug-likeness (QED) is 0.389. The molecule has 0 aromatic rings. The first-order valence-corrected chi connectivity index (χ1v) is 2.37. The van der Waals surface area contributed by atoms with Crippen LogP contribution in [-0.4, -0.2) is 0 Å². The first-order valence-electron chi connectivity index (χ1n) is 2.37. The minimum absolute atomic E-state index is 0.144. The minimum Gasteiger partial charge on any atom is -0.206 e. The third-order valence-corrected chi connectivity index (χ3v) is 0.796. The van der Waals surface area contributed by atoms with Crippen molar-refractivity contribution in [1.82, 2.24) is 0 Å². The van der Waals surface area contributed by atoms with E-state index in [0.717, 1.165) is 6.08 Å². The van der Waals surface area contributed by atoms with Crippen molar-refractivity contribution in [1.29, 1.82) is 0 Å². The third-order valence-electron chi connectivity index (χ3n) is 0.796. The van der Waals surface area contributed by atoms with E-state index < -0.39 is 5.83 Å². The van der Waals surface area contributed by atoms with Crippen LogP contribution in [0.15, 0.2) is 36.7 Å². The lowest BCUT2D eigenvalue weighted by Gasteiger charge is -1.87. The summed E-state index contributed by atoms with van der Waals surface area (Å²) in [6, 6.07) is 0. The van der Waals surface area contributed by atoms with Gasteiger partial charge in [-0.1, -0.05) is 25.2 Å². The molecule has 0 radical (unpaired) electrons. The van der Waals surface area contributed by atoms with Crippen LogP contribution in [0.3, 0.4) is 0 Å². The van der Waals surface area contributed by atoms with Gasteiger partial charge in [0.05, 0.1) is 5.57 Å². The molecule has 0 spiro atoms. The van der Waals surface area contributed by atoms with Crippen LogP contribution in [-0.2, 0) is 0 Å². The van der Waals surface area contributed by atoms with Gasteiger partial charge in [0.15, 0.2) is 0 Å². The number of terminal acetylenes is 1. The average Bonchev–Trinajstić information content (AvgIpc) is 1.90. The van der Waals surface area contributed by atoms with Gasteiger partial charge in [-0.25, -0.2) is 4.39 Å². The smallest absolute Gasteiger partial charge is 0.138 e. The summed E-state index contributed by atoms with van der Waals surface area (Å²) in [5.41, 5.74) is 0.144. The highest BCUT2D eigenvalue weighted by Gasteiger charge is 1.91. The molecule has 0 aromatic carbocycles. The summed E-state index contributed by atoms with van der Waals surface area (Å²) in [5, 5.41) is 0. The SMILES string of the molecule is C#CC(C=C)=C(F)C=C. The summed E-state index contributed by atoms with van der Waals surface area (Å²) in [4.78, 5) is 0. The third kappa shape index (κ3) is 1.96. The number of allylic oxidation sites excluding steroid dienone is 4. The predicted octanol–water partition coefficient (Wildman–Crippen LogP) is 2.22. The maximum atomic E-state index is 12.3. The highest BCUT2D eigenvalue weighted by atomic mass is 19.1. The van der Waals surface area contributed by atoms with Crippen LogP contribution in [0.5, 0.6) is 0 Å². The Balaban J connectivity index is 4.63. The Morgan fingerprint density at radius 3 is 2.11 bits per heavy atom. The Kier molecular flexibility index (Phi) is 3.15. The van der Waals surface area contributed by atoms with Gasteiger partial charge in [-0.05, 0) is 6.08 Å². The lowest BCUT2D eigenvalue weighted by atomic mass is 10.2. The number of hydrogen-bond donors (Lipinski definition) is 0. The molecule has 0 rings (SSSR count). The molecule has 0 bridgehead atoms. The van der Waals surface area contributed by atoms with Gasteiger partial charge >= 0.3 is 0 Å². The molecule has 0 N–H and O–H groups in total. The molecule has 9 heavy (non-hydrogen) atoms. The zero-order valence-electron chi connectivity index (χ0n) is 5.02. The molecule has 0 amide bonds. The summed E-state index contributed by atoms with van der Waals surface area (Å²) in [7, 11) is 0. The van der Waals surface area contributed by atoms with Crippen LogP contribution in [0.4, 0.5) is 4.39 Å². The fraction of sp³-hybridized carbons (Fsp3) is 0. The largest absolute Gasteiger partial charge is 0.206 e. The monoisotopic (exact) mass is 122 g/mol. The second-order valence-electron chi connectivity index (χ2n) is 1.31. The molecule has 0 aromatic heterocycles. The lowest BCUT2D eigenvalue weighted by Crippen LogP contribution is -1.73. The fourth-order valence-corrected chi connectivity index (χ4v) is 0.335. The van der Waals surface area contributed by atoms with Crippen LogP contribution in [0.25, 0.3) is 0 Å². The van der Waals surface area contributed by atoms with Gasteiger partial charge in [-0.15, -0.1) is 6.42 Å². The maximum absolute atomic E-state index is 12.3. The highest BCUT2D eigenvalue weighted by Crippen LogP contribution is 2.05. The minimum atomic E-state index is -0.507. The molecule has 0 saturated heterocycles. The van der Waals surface area contributed by atoms with Gasteiger partial charge in [0.2, 0.25) is 0 Å². The van der Waals surface area contributed by atoms with Gasteiger partial charge in [0.1, 0.15) is 5.83 Å². The van der Waals surface area contributed by atoms with Gasteiger partial charge in [-0.2, -0.15) is 0 Å². The molecule has 0 nitrogen and oxygen atoms in total. The van der Waals surface area contributed by atoms with E-state index in [1.165, 1.54) is 6.08 Å². The van der Waals surface area contributed by atoms with E-state index in [1.807, 2.05) is 0 Å². The van der Waals surface area contributed by atoms with Crippen molar-refractivity contribution in [3.63, 3.8) is 0 Å². The van der Waals surface area contributed by atoms with Crippen molar-refractivity contribution in [2.45, 2.75) is 0 Å². The van der Waals surface area contributed by atoms with Gasteiger partial charge in [-0.3, -0.25) is 0 Å². The molecular formula is C8H7F. The van der Waals surface area contributed by atoms with Gasteiger partial charge in [0, 0.05) is 0 Å². The molecule has 0 unspecified atom stereocenters. The molecule has 0 atom stereocenters. The van der Waals surface area contributed by atoms with E-state index in [4.69, 9.17) is 6.42 Å². The summed E-state index contributed by atoms with van der Waals surface area (Å²) < 4.78 is 12.3. The van der Waals surface area contributed by atoms with Crippen LogP contribution < -0.4 is 0 Å². The molecular weight excluding hydrogens is 115 g/mol. The summed E-state index contributed by atoms with van der Waals surface area (Å²) in [6.07, 6.45) is 7.22. The topological polar surface area (TPSA) is 0 Å². The van der Waals surface area contributed by atoms with Crippen LogP contribution in [0, 0.1) is 12.3 Å². The molecule has 0 aliphatic heterocycles. The van der Waals surface area contributed by atoms with Crippen molar-refractivity contribution in [2.75, 3.05) is 0 Å². The molecule has 0 fully saturated rings. The molecule has 0 saturated carbocycles. The molecule has 0 heterocycles. The average molecular weight is 122 g/mol. The van der Waals surface area contributed by atoms with Crippen molar-refractivity contribution in [3.05, 3.63) is 36.7 Å². The van der Waals surface area contributed by atoms with Crippen LogP contribution in [0.1, 0.15) is 0 Å². The van der Waals surface area contributed by atoms with Crippen molar-refractivity contribution < 1.29 is 4.39 Å². The zero-order valence-corrected chi connectivity index (χ0v) is 5.02. The van der Waals surface area contributed by atoms with Crippen molar-refractivity contribution in [3.8, 4) is 12.3 Å². The lowest BCUT2D eigenvalue weighted by molar-refractivity contribution is 0.663. The van der Waals surface area contributed by atoms with E-state index in [-0.39, 0.29) is 5.57 Å². The Hall–Kier alpha value is -1.29. The van der Waals surface area contributed by atoms with E-state index in [1.54, 1.807) is 0 Å². The van der Waals surface area contributed by atoms with E-state index in [2.05, 4.69) is 19.1 Å². The molecule has 46 valence electrons. The van der Waals surface area contributed by atoms with Crippen molar-refractivity contribution >= 4 is 0 Å². The maximum Gasteiger partial charge on any atom is 0.138 e. The standard InChI is InChI=1S/C8H7F/c1-4-7(5-2)8(9)6-3/h1,5-6H,2-3H2. The van der Waals surface area contributed by atoms with E-state index in [9.17, 15) is 4.39 Å². The van der Waals surface area contributed by atoms with Gasteiger partial charge in [0.25, 0.3) is 0 Å². The van der Waals surface area contributed by atoms with E-state index >= 15 is 0 Å². The Bertz CT molecular complexity index is 191. The van der Waals surface area contributed by atoms with Crippen LogP contribution >= 0.6 is 0 Å². The van der Waals surface area contributed by atoms with Crippen molar-refractivity contribution in [2.24, 2.45) is 0 Å². The summed E-state index contributed by atoms with van der Waals surface area (Å²) in [5.74, 6) is 1.61. The number of rotatable bonds is 2. The Labute approximate surface area is 54.4 Å². The second-order valence-corrected chi connectivity index (χ2v) is 1.31. The van der Waals surface area contributed by atoms with Gasteiger partial charge < -0.3 is 0 Å². The number of halogens is 1. The fourth-order valence-electron chi connectivity index (χ4n) is 0.335. The molecule has 1 heteroatoms. The zero-order chi connectivity index (χ0) is 7.28. The summed E-state index contributed by atoms with van der Waals surface area (Å²) in [6.45, 7) is 6.51. The number of hydrogen-bond acceptors (Lipinski definition) is 0. The predicted molar refractivity (Wildman–Crippen MR) is 37.4 cm³/mol. The first-order chi connectivity index (χ1) is 4.26.